The summed E-state index contributed by atoms with van der Waals surface area (Å²) >= 11 is 5.83. The number of hydrazine groups is 1. The van der Waals surface area contributed by atoms with E-state index in [1.54, 1.807) is 23.2 Å². The first-order valence-electron chi connectivity index (χ1n) is 8.34. The van der Waals surface area contributed by atoms with Crippen molar-refractivity contribution in [3.8, 4) is 5.75 Å². The molecule has 2 aromatic rings. The molecule has 2 heterocycles. The first-order valence-corrected chi connectivity index (χ1v) is 8.71. The molecule has 0 bridgehead atoms. The molecule has 148 valence electrons. The molecule has 0 unspecified atom stereocenters. The lowest BCUT2D eigenvalue weighted by Gasteiger charge is -2.27. The number of carboxylic acid groups (broad SMARTS) is 1. The molecule has 1 amide bonds. The van der Waals surface area contributed by atoms with Gasteiger partial charge in [0.15, 0.2) is 16.6 Å². The predicted octanol–water partition coefficient (Wildman–Crippen LogP) is 1.56. The number of nitrogens with one attached hydrogen (secondary N) is 2. The van der Waals surface area contributed by atoms with E-state index < -0.39 is 5.97 Å². The minimum Gasteiger partial charge on any atom is -0.494 e. The molecule has 1 aromatic heterocycles. The number of aromatic nitrogens is 2. The van der Waals surface area contributed by atoms with Crippen LogP contribution in [0.4, 0.5) is 11.4 Å². The number of carboxylic acids is 1. The highest BCUT2D eigenvalue weighted by molar-refractivity contribution is 6.29. The summed E-state index contributed by atoms with van der Waals surface area (Å²) in [5, 5.41) is 21.1. The third-order valence-electron chi connectivity index (χ3n) is 3.97. The standard InChI is InChI=1S/C17H18ClN5O5/c1-27-15-10(16(24)22-23-5-7-28-8-6-23)3-2-4-11(15)19-12-9-13(18)20-21-14(12)17(25)26/h2-4,9H,5-8H2,1H3,(H,19,20)(H,22,24)(H,25,26). The Bertz CT molecular complexity index is 888. The van der Waals surface area contributed by atoms with Gasteiger partial charge in [-0.15, -0.1) is 10.2 Å². The van der Waals surface area contributed by atoms with Gasteiger partial charge in [0.05, 0.1) is 37.3 Å². The van der Waals surface area contributed by atoms with Crippen LogP contribution in [0.1, 0.15) is 20.8 Å². The van der Waals surface area contributed by atoms with E-state index in [4.69, 9.17) is 21.1 Å². The molecule has 1 saturated heterocycles. The van der Waals surface area contributed by atoms with Gasteiger partial charge in [-0.3, -0.25) is 10.2 Å². The first-order chi connectivity index (χ1) is 13.5. The molecule has 3 rings (SSSR count). The summed E-state index contributed by atoms with van der Waals surface area (Å²) in [4.78, 5) is 24.1. The molecule has 1 aromatic carbocycles. The lowest BCUT2D eigenvalue weighted by atomic mass is 10.1. The van der Waals surface area contributed by atoms with E-state index in [1.165, 1.54) is 13.2 Å². The lowest BCUT2D eigenvalue weighted by Crippen LogP contribution is -2.48. The van der Waals surface area contributed by atoms with Crippen LogP contribution in [0.15, 0.2) is 24.3 Å². The number of halogens is 1. The Kier molecular flexibility index (Phi) is 6.24. The summed E-state index contributed by atoms with van der Waals surface area (Å²) < 4.78 is 10.7. The predicted molar refractivity (Wildman–Crippen MR) is 100 cm³/mol. The van der Waals surface area contributed by atoms with E-state index in [2.05, 4.69) is 20.9 Å². The van der Waals surface area contributed by atoms with E-state index in [9.17, 15) is 14.7 Å². The molecule has 0 radical (unpaired) electrons. The van der Waals surface area contributed by atoms with Gasteiger partial charge in [-0.1, -0.05) is 17.7 Å². The summed E-state index contributed by atoms with van der Waals surface area (Å²) in [5.41, 5.74) is 3.28. The van der Waals surface area contributed by atoms with Crippen molar-refractivity contribution in [2.75, 3.05) is 38.7 Å². The minimum absolute atomic E-state index is 0.0210. The number of ether oxygens (including phenoxy) is 2. The number of benzene rings is 1. The number of carbonyl (C=O) groups excluding carboxylic acids is 1. The number of methoxy groups -OCH3 is 1. The van der Waals surface area contributed by atoms with Crippen LogP contribution >= 0.6 is 11.6 Å². The number of hydrogen-bond acceptors (Lipinski definition) is 8. The highest BCUT2D eigenvalue weighted by atomic mass is 35.5. The van der Waals surface area contributed by atoms with Gasteiger partial charge in [-0.05, 0) is 12.1 Å². The van der Waals surface area contributed by atoms with Gasteiger partial charge in [-0.25, -0.2) is 9.80 Å². The number of rotatable bonds is 6. The topological polar surface area (TPSA) is 126 Å². The molecular formula is C17H18ClN5O5. The summed E-state index contributed by atoms with van der Waals surface area (Å²) in [6, 6.07) is 6.23. The molecule has 0 aliphatic carbocycles. The minimum atomic E-state index is -1.27. The van der Waals surface area contributed by atoms with Crippen molar-refractivity contribution in [2.45, 2.75) is 0 Å². The smallest absolute Gasteiger partial charge is 0.358 e. The number of para-hydroxylation sites is 1. The molecule has 0 saturated carbocycles. The van der Waals surface area contributed by atoms with E-state index in [-0.39, 0.29) is 33.8 Å². The molecule has 3 N–H and O–H groups in total. The monoisotopic (exact) mass is 407 g/mol. The second-order valence-electron chi connectivity index (χ2n) is 5.79. The van der Waals surface area contributed by atoms with Gasteiger partial charge >= 0.3 is 5.97 Å². The van der Waals surface area contributed by atoms with Crippen molar-refractivity contribution < 1.29 is 24.2 Å². The second kappa shape index (κ2) is 8.83. The molecule has 0 atom stereocenters. The maximum atomic E-state index is 12.7. The van der Waals surface area contributed by atoms with Crippen molar-refractivity contribution in [2.24, 2.45) is 0 Å². The quantitative estimate of drug-likeness (QED) is 0.653. The molecule has 1 aliphatic heterocycles. The van der Waals surface area contributed by atoms with Crippen LogP contribution < -0.4 is 15.5 Å². The largest absolute Gasteiger partial charge is 0.494 e. The van der Waals surface area contributed by atoms with Gasteiger partial charge in [0.25, 0.3) is 5.91 Å². The van der Waals surface area contributed by atoms with Crippen LogP contribution in [0.5, 0.6) is 5.75 Å². The van der Waals surface area contributed by atoms with Crippen LogP contribution in [0.3, 0.4) is 0 Å². The Labute approximate surface area is 165 Å². The fourth-order valence-electron chi connectivity index (χ4n) is 2.68. The van der Waals surface area contributed by atoms with Gasteiger partial charge in [0.1, 0.15) is 0 Å². The summed E-state index contributed by atoms with van der Waals surface area (Å²) in [5.74, 6) is -1.38. The Hall–Kier alpha value is -2.95. The summed E-state index contributed by atoms with van der Waals surface area (Å²) in [6.07, 6.45) is 0. The first kappa shape index (κ1) is 19.8. The maximum absolute atomic E-state index is 12.7. The Morgan fingerprint density at radius 3 is 2.68 bits per heavy atom. The second-order valence-corrected chi connectivity index (χ2v) is 6.17. The summed E-state index contributed by atoms with van der Waals surface area (Å²) in [6.45, 7) is 2.23. The molecule has 0 spiro atoms. The molecule has 11 heteroatoms. The van der Waals surface area contributed by atoms with E-state index >= 15 is 0 Å². The highest BCUT2D eigenvalue weighted by Crippen LogP contribution is 2.32. The van der Waals surface area contributed by atoms with Crippen LogP contribution in [0.25, 0.3) is 0 Å². The van der Waals surface area contributed by atoms with Gasteiger partial charge < -0.3 is 19.9 Å². The summed E-state index contributed by atoms with van der Waals surface area (Å²) in [7, 11) is 1.42. The fourth-order valence-corrected chi connectivity index (χ4v) is 2.83. The SMILES string of the molecule is COc1c(Nc2cc(Cl)nnc2C(=O)O)cccc1C(=O)NN1CCOCC1. The number of amides is 1. The maximum Gasteiger partial charge on any atom is 0.358 e. The normalized spacial score (nSPS) is 14.4. The van der Waals surface area contributed by atoms with E-state index in [0.717, 1.165) is 0 Å². The third kappa shape index (κ3) is 4.47. The van der Waals surface area contributed by atoms with Gasteiger partial charge in [-0.2, -0.15) is 0 Å². The third-order valence-corrected chi connectivity index (χ3v) is 4.16. The fraction of sp³-hybridized carbons (Fsp3) is 0.294. The van der Waals surface area contributed by atoms with Gasteiger partial charge in [0.2, 0.25) is 0 Å². The molecule has 10 nitrogen and oxygen atoms in total. The number of aromatic carboxylic acids is 1. The van der Waals surface area contributed by atoms with Crippen LogP contribution in [-0.4, -0.2) is 65.6 Å². The zero-order valence-electron chi connectivity index (χ0n) is 14.9. The number of morpholine rings is 1. The number of hydrogen-bond donors (Lipinski definition) is 3. The Morgan fingerprint density at radius 2 is 2.00 bits per heavy atom. The molecule has 1 aliphatic rings. The van der Waals surface area contributed by atoms with Crippen molar-refractivity contribution >= 4 is 34.9 Å². The van der Waals surface area contributed by atoms with Crippen molar-refractivity contribution in [3.05, 3.63) is 40.7 Å². The zero-order valence-corrected chi connectivity index (χ0v) is 15.7. The van der Waals surface area contributed by atoms with Crippen molar-refractivity contribution in [1.29, 1.82) is 0 Å². The van der Waals surface area contributed by atoms with Crippen LogP contribution in [0, 0.1) is 0 Å². The number of nitrogens with zero attached hydrogens (tertiary/aromatic N) is 3. The molecule has 1 fully saturated rings. The van der Waals surface area contributed by atoms with Crippen LogP contribution in [-0.2, 0) is 4.74 Å². The zero-order chi connectivity index (χ0) is 20.1. The molecular weight excluding hydrogens is 390 g/mol. The van der Waals surface area contributed by atoms with Crippen LogP contribution in [0.2, 0.25) is 5.15 Å². The average Bonchev–Trinajstić information content (AvgIpc) is 2.68. The Balaban J connectivity index is 1.89. The van der Waals surface area contributed by atoms with Crippen molar-refractivity contribution in [1.82, 2.24) is 20.6 Å². The number of carbonyl (C=O) groups is 2. The molecule has 28 heavy (non-hydrogen) atoms. The Morgan fingerprint density at radius 1 is 1.25 bits per heavy atom. The van der Waals surface area contributed by atoms with E-state index in [1.807, 2.05) is 0 Å². The lowest BCUT2D eigenvalue weighted by molar-refractivity contribution is 0.0125. The number of anilines is 2. The van der Waals surface area contributed by atoms with E-state index in [0.29, 0.717) is 32.0 Å². The van der Waals surface area contributed by atoms with Crippen molar-refractivity contribution in [3.63, 3.8) is 0 Å². The van der Waals surface area contributed by atoms with Gasteiger partial charge in [0, 0.05) is 19.2 Å². The highest BCUT2D eigenvalue weighted by Gasteiger charge is 2.21. The average molecular weight is 408 g/mol.